The first-order chi connectivity index (χ1) is 44.4. The standard InChI is InChI=1S/C73H142O17P2/c1-7-9-11-13-15-17-19-23-27-31-38-44-50-56-71(76)84-61-68(89-72(77)57-51-45-39-32-28-25-22-20-21-24-26-29-35-41-47-53-65(3)4)63-87-91(79,80)85-59-67(74)60-86-92(81,82)88-64-69(62-83-70(75)55-49-43-37-30-18-16-14-12-10-8-2)90-73(78)58-52-46-40-34-33-36-42-48-54-66(5)6/h65-69,74H,7-64H2,1-6H3,(H,79,80)(H,81,82)/t67-,68-,69-/m1/s1. The summed E-state index contributed by atoms with van der Waals surface area (Å²) in [6, 6.07) is 0. The number of rotatable bonds is 72. The summed E-state index contributed by atoms with van der Waals surface area (Å²) in [4.78, 5) is 72.6. The lowest BCUT2D eigenvalue weighted by Gasteiger charge is -2.21. The van der Waals surface area contributed by atoms with Crippen molar-refractivity contribution in [1.82, 2.24) is 0 Å². The van der Waals surface area contributed by atoms with Crippen molar-refractivity contribution in [2.75, 3.05) is 39.6 Å². The fraction of sp³-hybridized carbons (Fsp3) is 0.945. The van der Waals surface area contributed by atoms with Crippen LogP contribution < -0.4 is 0 Å². The first-order valence-corrected chi connectivity index (χ1v) is 41.0. The molecule has 0 rings (SSSR count). The summed E-state index contributed by atoms with van der Waals surface area (Å²) in [6.07, 6.45) is 51.3. The van der Waals surface area contributed by atoms with Gasteiger partial charge >= 0.3 is 39.5 Å². The van der Waals surface area contributed by atoms with Gasteiger partial charge in [0.15, 0.2) is 12.2 Å². The SMILES string of the molecule is CCCCCCCCCCCCCCCC(=O)OC[C@H](COP(=O)(O)OC[C@@H](O)COP(=O)(O)OC[C@@H](COC(=O)CCCCCCCCCCCC)OC(=O)CCCCCCCCCCC(C)C)OC(=O)CCCCCCCCCCCCCCCCCC(C)C. The smallest absolute Gasteiger partial charge is 0.462 e. The Hall–Kier alpha value is -1.94. The lowest BCUT2D eigenvalue weighted by atomic mass is 10.0. The molecular weight excluding hydrogens is 1210 g/mol. The molecule has 0 spiro atoms. The van der Waals surface area contributed by atoms with Gasteiger partial charge in [-0.05, 0) is 37.5 Å². The quantitative estimate of drug-likeness (QED) is 0.0222. The van der Waals surface area contributed by atoms with E-state index in [1.807, 2.05) is 0 Å². The van der Waals surface area contributed by atoms with E-state index in [9.17, 15) is 43.2 Å². The first-order valence-electron chi connectivity index (χ1n) is 38.0. The summed E-state index contributed by atoms with van der Waals surface area (Å²) >= 11 is 0. The van der Waals surface area contributed by atoms with Gasteiger partial charge in [0.2, 0.25) is 0 Å². The number of carbonyl (C=O) groups excluding carboxylic acids is 4. The maximum atomic E-state index is 13.1. The van der Waals surface area contributed by atoms with E-state index in [1.54, 1.807) is 0 Å². The van der Waals surface area contributed by atoms with Crippen LogP contribution in [0.2, 0.25) is 0 Å². The van der Waals surface area contributed by atoms with Gasteiger partial charge < -0.3 is 33.8 Å². The largest absolute Gasteiger partial charge is 0.472 e. The van der Waals surface area contributed by atoms with E-state index in [-0.39, 0.29) is 25.7 Å². The van der Waals surface area contributed by atoms with Crippen molar-refractivity contribution in [3.05, 3.63) is 0 Å². The van der Waals surface area contributed by atoms with Crippen molar-refractivity contribution in [3.8, 4) is 0 Å². The topological polar surface area (TPSA) is 237 Å². The van der Waals surface area contributed by atoms with E-state index in [1.165, 1.54) is 193 Å². The molecule has 0 aromatic carbocycles. The Kier molecular flexibility index (Phi) is 63.7. The second kappa shape index (κ2) is 65.0. The number of esters is 4. The third-order valence-corrected chi connectivity index (χ3v) is 18.9. The molecule has 0 aliphatic rings. The minimum atomic E-state index is -4.95. The molecule has 0 heterocycles. The van der Waals surface area contributed by atoms with Gasteiger partial charge in [-0.15, -0.1) is 0 Å². The number of phosphoric ester groups is 2. The summed E-state index contributed by atoms with van der Waals surface area (Å²) in [6.45, 7) is 9.55. The van der Waals surface area contributed by atoms with E-state index in [4.69, 9.17) is 37.0 Å². The molecule has 5 atom stereocenters. The Balaban J connectivity index is 5.23. The summed E-state index contributed by atoms with van der Waals surface area (Å²) in [5.74, 6) is -0.599. The van der Waals surface area contributed by atoms with E-state index in [0.717, 1.165) is 102 Å². The number of hydrogen-bond donors (Lipinski definition) is 3. The molecule has 0 saturated carbocycles. The second-order valence-electron chi connectivity index (χ2n) is 27.3. The highest BCUT2D eigenvalue weighted by Gasteiger charge is 2.30. The summed E-state index contributed by atoms with van der Waals surface area (Å²) in [5.41, 5.74) is 0. The fourth-order valence-electron chi connectivity index (χ4n) is 11.1. The number of aliphatic hydroxyl groups excluding tert-OH is 1. The molecule has 546 valence electrons. The molecule has 0 fully saturated rings. The highest BCUT2D eigenvalue weighted by molar-refractivity contribution is 7.47. The predicted octanol–water partition coefficient (Wildman–Crippen LogP) is 21.2. The van der Waals surface area contributed by atoms with Gasteiger partial charge in [-0.1, -0.05) is 324 Å². The number of unbranched alkanes of at least 4 members (excludes halogenated alkanes) is 42. The summed E-state index contributed by atoms with van der Waals surface area (Å²) in [7, 11) is -9.90. The van der Waals surface area contributed by atoms with Gasteiger partial charge in [-0.25, -0.2) is 9.13 Å². The molecule has 0 amide bonds. The van der Waals surface area contributed by atoms with Crippen LogP contribution in [0.3, 0.4) is 0 Å². The Labute approximate surface area is 562 Å². The Bertz CT molecular complexity index is 1790. The molecule has 19 heteroatoms. The summed E-state index contributed by atoms with van der Waals surface area (Å²) in [5, 5.41) is 10.6. The van der Waals surface area contributed by atoms with E-state index in [0.29, 0.717) is 25.7 Å². The Morgan fingerprint density at radius 1 is 0.293 bits per heavy atom. The maximum Gasteiger partial charge on any atom is 0.472 e. The van der Waals surface area contributed by atoms with Crippen LogP contribution >= 0.6 is 15.6 Å². The van der Waals surface area contributed by atoms with E-state index in [2.05, 4.69) is 41.5 Å². The van der Waals surface area contributed by atoms with E-state index >= 15 is 0 Å². The molecular formula is C73H142O17P2. The normalized spacial score (nSPS) is 14.1. The molecule has 0 aromatic rings. The molecule has 0 aliphatic carbocycles. The van der Waals surface area contributed by atoms with Gasteiger partial charge in [0.25, 0.3) is 0 Å². The minimum Gasteiger partial charge on any atom is -0.462 e. The molecule has 0 aliphatic heterocycles. The molecule has 92 heavy (non-hydrogen) atoms. The van der Waals surface area contributed by atoms with Crippen LogP contribution in [-0.2, 0) is 65.4 Å². The number of phosphoric acid groups is 2. The number of ether oxygens (including phenoxy) is 4. The minimum absolute atomic E-state index is 0.105. The Morgan fingerprint density at radius 3 is 0.739 bits per heavy atom. The van der Waals surface area contributed by atoms with Crippen molar-refractivity contribution >= 4 is 39.5 Å². The van der Waals surface area contributed by atoms with Crippen LogP contribution in [0, 0.1) is 11.8 Å². The molecule has 3 N–H and O–H groups in total. The van der Waals surface area contributed by atoms with E-state index < -0.39 is 97.5 Å². The average Bonchev–Trinajstić information content (AvgIpc) is 3.04. The van der Waals surface area contributed by atoms with Crippen LogP contribution in [0.4, 0.5) is 0 Å². The third kappa shape index (κ3) is 66.7. The monoisotopic (exact) mass is 1350 g/mol. The Morgan fingerprint density at radius 2 is 0.500 bits per heavy atom. The van der Waals surface area contributed by atoms with Crippen molar-refractivity contribution in [3.63, 3.8) is 0 Å². The van der Waals surface area contributed by atoms with Crippen molar-refractivity contribution in [1.29, 1.82) is 0 Å². The zero-order valence-electron chi connectivity index (χ0n) is 59.9. The molecule has 2 unspecified atom stereocenters. The number of carbonyl (C=O) groups is 4. The van der Waals surface area contributed by atoms with Crippen LogP contribution in [0.25, 0.3) is 0 Å². The van der Waals surface area contributed by atoms with Gasteiger partial charge in [0.05, 0.1) is 26.4 Å². The number of aliphatic hydroxyl groups is 1. The van der Waals surface area contributed by atoms with Gasteiger partial charge in [-0.2, -0.15) is 0 Å². The van der Waals surface area contributed by atoms with Crippen molar-refractivity contribution in [2.45, 2.75) is 394 Å². The molecule has 17 nitrogen and oxygen atoms in total. The lowest BCUT2D eigenvalue weighted by Crippen LogP contribution is -2.30. The van der Waals surface area contributed by atoms with Crippen LogP contribution in [0.15, 0.2) is 0 Å². The highest BCUT2D eigenvalue weighted by Crippen LogP contribution is 2.45. The average molecular weight is 1350 g/mol. The number of hydrogen-bond acceptors (Lipinski definition) is 15. The van der Waals surface area contributed by atoms with Gasteiger partial charge in [0.1, 0.15) is 19.3 Å². The molecule has 0 aromatic heterocycles. The molecule has 0 bridgehead atoms. The van der Waals surface area contributed by atoms with Gasteiger partial charge in [0, 0.05) is 25.7 Å². The van der Waals surface area contributed by atoms with Crippen molar-refractivity contribution in [2.24, 2.45) is 11.8 Å². The van der Waals surface area contributed by atoms with Crippen LogP contribution in [-0.4, -0.2) is 96.7 Å². The van der Waals surface area contributed by atoms with Crippen LogP contribution in [0.5, 0.6) is 0 Å². The zero-order chi connectivity index (χ0) is 67.9. The van der Waals surface area contributed by atoms with Crippen molar-refractivity contribution < 1.29 is 80.2 Å². The molecule has 0 saturated heterocycles. The third-order valence-electron chi connectivity index (χ3n) is 17.0. The maximum absolute atomic E-state index is 13.1. The first kappa shape index (κ1) is 90.1. The predicted molar refractivity (Wildman–Crippen MR) is 372 cm³/mol. The lowest BCUT2D eigenvalue weighted by molar-refractivity contribution is -0.161. The zero-order valence-corrected chi connectivity index (χ0v) is 61.6. The molecule has 0 radical (unpaired) electrons. The van der Waals surface area contributed by atoms with Crippen LogP contribution in [0.1, 0.15) is 375 Å². The summed E-state index contributed by atoms with van der Waals surface area (Å²) < 4.78 is 68.4. The van der Waals surface area contributed by atoms with Gasteiger partial charge in [-0.3, -0.25) is 37.3 Å². The second-order valence-corrected chi connectivity index (χ2v) is 30.2. The fourth-order valence-corrected chi connectivity index (χ4v) is 12.7. The highest BCUT2D eigenvalue weighted by atomic mass is 31.2.